The molecule has 1 aromatic carbocycles. The predicted octanol–water partition coefficient (Wildman–Crippen LogP) is 1.86. The van der Waals surface area contributed by atoms with E-state index in [4.69, 9.17) is 22.1 Å². The molecule has 0 unspecified atom stereocenters. The number of methoxy groups -OCH3 is 2. The number of carbonyl (C=O) groups excluding carboxylic acids is 2. The molecule has 0 saturated heterocycles. The van der Waals surface area contributed by atoms with Gasteiger partial charge in [0.2, 0.25) is 0 Å². The molecule has 1 amide bonds. The van der Waals surface area contributed by atoms with Crippen LogP contribution in [0, 0.1) is 5.41 Å². The molecule has 0 aliphatic rings. The standard InChI is InChI=1S/C14H19ClN2O4/c1-14(2,13(19)21-4)7-17-12(18)8-5-9(15)10(16)6-11(8)20-3/h5-6H,7,16H2,1-4H3,(H,17,18). The molecule has 3 N–H and O–H groups in total. The molecule has 116 valence electrons. The Morgan fingerprint density at radius 1 is 1.33 bits per heavy atom. The number of ether oxygens (including phenoxy) is 2. The Bertz CT molecular complexity index is 558. The second kappa shape index (κ2) is 6.67. The molecule has 1 aromatic rings. The summed E-state index contributed by atoms with van der Waals surface area (Å²) in [7, 11) is 2.73. The van der Waals surface area contributed by atoms with Gasteiger partial charge >= 0.3 is 5.97 Å². The highest BCUT2D eigenvalue weighted by molar-refractivity contribution is 6.33. The van der Waals surface area contributed by atoms with E-state index in [1.54, 1.807) is 13.8 Å². The highest BCUT2D eigenvalue weighted by atomic mass is 35.5. The number of nitrogens with one attached hydrogen (secondary N) is 1. The maximum Gasteiger partial charge on any atom is 0.313 e. The van der Waals surface area contributed by atoms with Crippen LogP contribution in [0.4, 0.5) is 5.69 Å². The number of nitrogen functional groups attached to an aromatic ring is 1. The second-order valence-corrected chi connectivity index (χ2v) is 5.54. The van der Waals surface area contributed by atoms with E-state index in [0.29, 0.717) is 11.4 Å². The SMILES string of the molecule is COC(=O)C(C)(C)CNC(=O)c1cc(Cl)c(N)cc1OC. The van der Waals surface area contributed by atoms with Crippen LogP contribution in [0.25, 0.3) is 0 Å². The Hall–Kier alpha value is -1.95. The highest BCUT2D eigenvalue weighted by Gasteiger charge is 2.29. The van der Waals surface area contributed by atoms with E-state index in [0.717, 1.165) is 0 Å². The summed E-state index contributed by atoms with van der Waals surface area (Å²) in [4.78, 5) is 23.8. The van der Waals surface area contributed by atoms with Crippen LogP contribution >= 0.6 is 11.6 Å². The number of carbonyl (C=O) groups is 2. The molecule has 0 aromatic heterocycles. The highest BCUT2D eigenvalue weighted by Crippen LogP contribution is 2.29. The number of esters is 1. The zero-order chi connectivity index (χ0) is 16.2. The topological polar surface area (TPSA) is 90.7 Å². The van der Waals surface area contributed by atoms with Crippen LogP contribution in [-0.2, 0) is 9.53 Å². The first-order chi connectivity index (χ1) is 9.72. The molecule has 0 aliphatic carbocycles. The zero-order valence-corrected chi connectivity index (χ0v) is 13.2. The van der Waals surface area contributed by atoms with Crippen molar-refractivity contribution in [3.8, 4) is 5.75 Å². The molecule has 0 atom stereocenters. The normalized spacial score (nSPS) is 10.9. The first-order valence-corrected chi connectivity index (χ1v) is 6.60. The summed E-state index contributed by atoms with van der Waals surface area (Å²) < 4.78 is 9.79. The van der Waals surface area contributed by atoms with E-state index >= 15 is 0 Å². The number of halogens is 1. The Morgan fingerprint density at radius 2 is 1.95 bits per heavy atom. The van der Waals surface area contributed by atoms with Crippen molar-refractivity contribution < 1.29 is 19.1 Å². The van der Waals surface area contributed by atoms with Crippen LogP contribution < -0.4 is 15.8 Å². The lowest BCUT2D eigenvalue weighted by Crippen LogP contribution is -2.39. The molecule has 0 radical (unpaired) electrons. The van der Waals surface area contributed by atoms with Crippen molar-refractivity contribution in [2.24, 2.45) is 5.41 Å². The lowest BCUT2D eigenvalue weighted by Gasteiger charge is -2.22. The third-order valence-electron chi connectivity index (χ3n) is 2.99. The number of hydrogen-bond acceptors (Lipinski definition) is 5. The molecule has 0 aliphatic heterocycles. The molecule has 0 fully saturated rings. The fraction of sp³-hybridized carbons (Fsp3) is 0.429. The predicted molar refractivity (Wildman–Crippen MR) is 80.5 cm³/mol. The molecule has 1 rings (SSSR count). The van der Waals surface area contributed by atoms with Crippen LogP contribution in [0.3, 0.4) is 0 Å². The number of benzene rings is 1. The number of amides is 1. The average molecular weight is 315 g/mol. The van der Waals surface area contributed by atoms with Crippen molar-refractivity contribution in [3.05, 3.63) is 22.7 Å². The van der Waals surface area contributed by atoms with Gasteiger partial charge in [-0.1, -0.05) is 11.6 Å². The number of anilines is 1. The monoisotopic (exact) mass is 314 g/mol. The fourth-order valence-electron chi connectivity index (χ4n) is 1.66. The van der Waals surface area contributed by atoms with Crippen molar-refractivity contribution in [1.82, 2.24) is 5.32 Å². The summed E-state index contributed by atoms with van der Waals surface area (Å²) in [6.45, 7) is 3.46. The van der Waals surface area contributed by atoms with Crippen LogP contribution in [0.15, 0.2) is 12.1 Å². The van der Waals surface area contributed by atoms with Gasteiger partial charge in [-0.25, -0.2) is 0 Å². The Labute approximate surface area is 128 Å². The van der Waals surface area contributed by atoms with E-state index in [-0.39, 0.29) is 17.1 Å². The minimum atomic E-state index is -0.838. The smallest absolute Gasteiger partial charge is 0.313 e. The van der Waals surface area contributed by atoms with Crippen molar-refractivity contribution in [2.75, 3.05) is 26.5 Å². The molecular weight excluding hydrogens is 296 g/mol. The lowest BCUT2D eigenvalue weighted by molar-refractivity contribution is -0.150. The van der Waals surface area contributed by atoms with E-state index in [2.05, 4.69) is 10.1 Å². The molecule has 7 heteroatoms. The molecule has 0 saturated carbocycles. The lowest BCUT2D eigenvalue weighted by atomic mass is 9.93. The number of rotatable bonds is 5. The Balaban J connectivity index is 2.90. The molecule has 0 spiro atoms. The van der Waals surface area contributed by atoms with Gasteiger partial charge in [0.15, 0.2) is 0 Å². The molecular formula is C14H19ClN2O4. The Morgan fingerprint density at radius 3 is 2.48 bits per heavy atom. The molecule has 6 nitrogen and oxygen atoms in total. The van der Waals surface area contributed by atoms with Gasteiger partial charge in [0.25, 0.3) is 5.91 Å². The van der Waals surface area contributed by atoms with Crippen LogP contribution in [0.5, 0.6) is 5.75 Å². The maximum atomic E-state index is 12.2. The fourth-order valence-corrected chi connectivity index (χ4v) is 1.82. The number of nitrogens with two attached hydrogens (primary N) is 1. The molecule has 0 heterocycles. The van der Waals surface area contributed by atoms with Crippen LogP contribution in [0.1, 0.15) is 24.2 Å². The van der Waals surface area contributed by atoms with Gasteiger partial charge < -0.3 is 20.5 Å². The zero-order valence-electron chi connectivity index (χ0n) is 12.5. The largest absolute Gasteiger partial charge is 0.496 e. The molecule has 21 heavy (non-hydrogen) atoms. The maximum absolute atomic E-state index is 12.2. The summed E-state index contributed by atoms with van der Waals surface area (Å²) in [5.41, 5.74) is 5.39. The van der Waals surface area contributed by atoms with Crippen molar-refractivity contribution in [1.29, 1.82) is 0 Å². The third-order valence-corrected chi connectivity index (χ3v) is 3.32. The van der Waals surface area contributed by atoms with Crippen molar-refractivity contribution in [2.45, 2.75) is 13.8 Å². The number of hydrogen-bond donors (Lipinski definition) is 2. The second-order valence-electron chi connectivity index (χ2n) is 5.13. The summed E-state index contributed by atoms with van der Waals surface area (Å²) >= 11 is 5.92. The summed E-state index contributed by atoms with van der Waals surface area (Å²) in [6.07, 6.45) is 0. The van der Waals surface area contributed by atoms with Crippen LogP contribution in [0.2, 0.25) is 5.02 Å². The van der Waals surface area contributed by atoms with Crippen molar-refractivity contribution in [3.63, 3.8) is 0 Å². The van der Waals surface area contributed by atoms with Gasteiger partial charge in [-0.2, -0.15) is 0 Å². The van der Waals surface area contributed by atoms with E-state index in [1.165, 1.54) is 26.4 Å². The van der Waals surface area contributed by atoms with Gasteiger partial charge in [0.05, 0.1) is 35.9 Å². The first-order valence-electron chi connectivity index (χ1n) is 6.22. The average Bonchev–Trinajstić information content (AvgIpc) is 2.46. The minimum absolute atomic E-state index is 0.115. The quantitative estimate of drug-likeness (QED) is 0.639. The Kier molecular flexibility index (Phi) is 5.43. The van der Waals surface area contributed by atoms with Crippen molar-refractivity contribution >= 4 is 29.2 Å². The van der Waals surface area contributed by atoms with Gasteiger partial charge in [0.1, 0.15) is 5.75 Å². The van der Waals surface area contributed by atoms with Gasteiger partial charge in [-0.05, 0) is 19.9 Å². The third kappa shape index (κ3) is 4.01. The van der Waals surface area contributed by atoms with Gasteiger partial charge in [-0.15, -0.1) is 0 Å². The van der Waals surface area contributed by atoms with Gasteiger partial charge in [0, 0.05) is 12.6 Å². The molecule has 0 bridgehead atoms. The summed E-state index contributed by atoms with van der Waals surface area (Å²) in [5.74, 6) is -0.513. The minimum Gasteiger partial charge on any atom is -0.496 e. The first kappa shape index (κ1) is 17.1. The summed E-state index contributed by atoms with van der Waals surface area (Å²) in [6, 6.07) is 2.90. The van der Waals surface area contributed by atoms with E-state index in [9.17, 15) is 9.59 Å². The van der Waals surface area contributed by atoms with E-state index in [1.807, 2.05) is 0 Å². The van der Waals surface area contributed by atoms with Gasteiger partial charge in [-0.3, -0.25) is 9.59 Å². The summed E-state index contributed by atoms with van der Waals surface area (Å²) in [5, 5.41) is 2.91. The van der Waals surface area contributed by atoms with E-state index < -0.39 is 17.3 Å². The van der Waals surface area contributed by atoms with Crippen LogP contribution in [-0.4, -0.2) is 32.6 Å².